The highest BCUT2D eigenvalue weighted by atomic mass is 16.5. The van der Waals surface area contributed by atoms with E-state index in [1.165, 1.54) is 5.56 Å². The molecule has 2 rings (SSSR count). The second kappa shape index (κ2) is 7.65. The highest BCUT2D eigenvalue weighted by molar-refractivity contribution is 5.33. The van der Waals surface area contributed by atoms with Crippen molar-refractivity contribution in [2.24, 2.45) is 0 Å². The van der Waals surface area contributed by atoms with Gasteiger partial charge in [-0.1, -0.05) is 26.0 Å². The Morgan fingerprint density at radius 2 is 1.85 bits per heavy atom. The Hall–Kier alpha value is -1.87. The van der Waals surface area contributed by atoms with Gasteiger partial charge in [0.15, 0.2) is 0 Å². The molecule has 0 aliphatic carbocycles. The van der Waals surface area contributed by atoms with Gasteiger partial charge in [-0.25, -0.2) is 0 Å². The van der Waals surface area contributed by atoms with Crippen molar-refractivity contribution in [2.45, 2.75) is 33.2 Å². The SMILES string of the molecule is CCCNCc1cc(Oc2ccc(CC)cc2)ccn1. The van der Waals surface area contributed by atoms with Gasteiger partial charge in [-0.2, -0.15) is 0 Å². The van der Waals surface area contributed by atoms with Crippen molar-refractivity contribution in [3.8, 4) is 11.5 Å². The summed E-state index contributed by atoms with van der Waals surface area (Å²) in [7, 11) is 0. The number of pyridine rings is 1. The molecular formula is C17H22N2O. The molecule has 3 nitrogen and oxygen atoms in total. The normalized spacial score (nSPS) is 10.5. The standard InChI is InChI=1S/C17H22N2O/c1-3-10-18-13-15-12-17(9-11-19-15)20-16-7-5-14(4-2)6-8-16/h5-9,11-12,18H,3-4,10,13H2,1-2H3. The monoisotopic (exact) mass is 270 g/mol. The maximum Gasteiger partial charge on any atom is 0.130 e. The van der Waals surface area contributed by atoms with E-state index in [4.69, 9.17) is 4.74 Å². The van der Waals surface area contributed by atoms with Crippen molar-refractivity contribution < 1.29 is 4.74 Å². The smallest absolute Gasteiger partial charge is 0.130 e. The minimum Gasteiger partial charge on any atom is -0.457 e. The number of nitrogens with zero attached hydrogens (tertiary/aromatic N) is 1. The molecule has 0 amide bonds. The van der Waals surface area contributed by atoms with Gasteiger partial charge in [0.1, 0.15) is 11.5 Å². The van der Waals surface area contributed by atoms with Crippen LogP contribution in [-0.4, -0.2) is 11.5 Å². The van der Waals surface area contributed by atoms with E-state index in [0.717, 1.165) is 43.1 Å². The van der Waals surface area contributed by atoms with E-state index in [0.29, 0.717) is 0 Å². The van der Waals surface area contributed by atoms with Crippen LogP contribution in [0, 0.1) is 0 Å². The fraction of sp³-hybridized carbons (Fsp3) is 0.353. The van der Waals surface area contributed by atoms with Crippen LogP contribution >= 0.6 is 0 Å². The van der Waals surface area contributed by atoms with E-state index in [2.05, 4.69) is 36.3 Å². The van der Waals surface area contributed by atoms with Gasteiger partial charge in [0.05, 0.1) is 5.69 Å². The number of aryl methyl sites for hydroxylation is 1. The van der Waals surface area contributed by atoms with E-state index in [1.807, 2.05) is 24.3 Å². The van der Waals surface area contributed by atoms with Crippen LogP contribution in [0.1, 0.15) is 31.5 Å². The molecule has 0 fully saturated rings. The first-order valence-electron chi connectivity index (χ1n) is 7.24. The first-order valence-corrected chi connectivity index (χ1v) is 7.24. The molecule has 2 aromatic rings. The Morgan fingerprint density at radius 3 is 2.55 bits per heavy atom. The summed E-state index contributed by atoms with van der Waals surface area (Å²) in [6, 6.07) is 12.1. The summed E-state index contributed by atoms with van der Waals surface area (Å²) in [5, 5.41) is 3.34. The molecule has 0 aliphatic rings. The van der Waals surface area contributed by atoms with Gasteiger partial charge in [-0.05, 0) is 43.1 Å². The van der Waals surface area contributed by atoms with Crippen molar-refractivity contribution in [3.05, 3.63) is 53.9 Å². The molecule has 106 valence electrons. The summed E-state index contributed by atoms with van der Waals surface area (Å²) in [6.07, 6.45) is 3.96. The lowest BCUT2D eigenvalue weighted by Crippen LogP contribution is -2.14. The Balaban J connectivity index is 1.99. The molecule has 0 aliphatic heterocycles. The second-order valence-corrected chi connectivity index (χ2v) is 4.76. The Kier molecular flexibility index (Phi) is 5.56. The molecule has 0 spiro atoms. The van der Waals surface area contributed by atoms with Crippen LogP contribution in [0.5, 0.6) is 11.5 Å². The van der Waals surface area contributed by atoms with Gasteiger partial charge < -0.3 is 10.1 Å². The molecule has 0 radical (unpaired) electrons. The third-order valence-corrected chi connectivity index (χ3v) is 3.09. The zero-order valence-electron chi connectivity index (χ0n) is 12.2. The fourth-order valence-corrected chi connectivity index (χ4v) is 1.94. The Bertz CT molecular complexity index is 523. The maximum absolute atomic E-state index is 5.86. The minimum absolute atomic E-state index is 0.778. The first-order chi connectivity index (χ1) is 9.81. The maximum atomic E-state index is 5.86. The van der Waals surface area contributed by atoms with Crippen LogP contribution in [0.3, 0.4) is 0 Å². The van der Waals surface area contributed by atoms with E-state index >= 15 is 0 Å². The molecule has 0 saturated heterocycles. The predicted octanol–water partition coefficient (Wildman–Crippen LogP) is 3.94. The van der Waals surface area contributed by atoms with Crippen LogP contribution in [-0.2, 0) is 13.0 Å². The number of aromatic nitrogens is 1. The zero-order chi connectivity index (χ0) is 14.2. The molecule has 3 heteroatoms. The third kappa shape index (κ3) is 4.35. The molecule has 1 aromatic heterocycles. The van der Waals surface area contributed by atoms with Crippen molar-refractivity contribution >= 4 is 0 Å². The number of hydrogen-bond acceptors (Lipinski definition) is 3. The number of benzene rings is 1. The summed E-state index contributed by atoms with van der Waals surface area (Å²) in [5.74, 6) is 1.69. The molecule has 0 unspecified atom stereocenters. The zero-order valence-corrected chi connectivity index (χ0v) is 12.2. The van der Waals surface area contributed by atoms with Gasteiger partial charge in [-0.3, -0.25) is 4.98 Å². The lowest BCUT2D eigenvalue weighted by Gasteiger charge is -2.08. The van der Waals surface area contributed by atoms with E-state index in [9.17, 15) is 0 Å². The molecule has 1 aromatic carbocycles. The number of ether oxygens (including phenoxy) is 1. The summed E-state index contributed by atoms with van der Waals surface area (Å²) in [4.78, 5) is 4.34. The fourth-order valence-electron chi connectivity index (χ4n) is 1.94. The van der Waals surface area contributed by atoms with Crippen molar-refractivity contribution in [1.82, 2.24) is 10.3 Å². The van der Waals surface area contributed by atoms with Crippen LogP contribution in [0.25, 0.3) is 0 Å². The lowest BCUT2D eigenvalue weighted by atomic mass is 10.2. The van der Waals surface area contributed by atoms with Crippen LogP contribution < -0.4 is 10.1 Å². The summed E-state index contributed by atoms with van der Waals surface area (Å²) >= 11 is 0. The second-order valence-electron chi connectivity index (χ2n) is 4.76. The topological polar surface area (TPSA) is 34.1 Å². The van der Waals surface area contributed by atoms with Gasteiger partial charge in [0.2, 0.25) is 0 Å². The first kappa shape index (κ1) is 14.5. The molecule has 1 N–H and O–H groups in total. The van der Waals surface area contributed by atoms with E-state index in [-0.39, 0.29) is 0 Å². The summed E-state index contributed by atoms with van der Waals surface area (Å²) in [5.41, 5.74) is 2.32. The van der Waals surface area contributed by atoms with Crippen molar-refractivity contribution in [1.29, 1.82) is 0 Å². The lowest BCUT2D eigenvalue weighted by molar-refractivity contribution is 0.480. The number of hydrogen-bond donors (Lipinski definition) is 1. The molecule has 1 heterocycles. The highest BCUT2D eigenvalue weighted by Crippen LogP contribution is 2.21. The highest BCUT2D eigenvalue weighted by Gasteiger charge is 2.00. The third-order valence-electron chi connectivity index (χ3n) is 3.09. The largest absolute Gasteiger partial charge is 0.457 e. The molecule has 0 saturated carbocycles. The molecule has 20 heavy (non-hydrogen) atoms. The van der Waals surface area contributed by atoms with Crippen LogP contribution in [0.2, 0.25) is 0 Å². The quantitative estimate of drug-likeness (QED) is 0.774. The average molecular weight is 270 g/mol. The number of rotatable bonds is 7. The summed E-state index contributed by atoms with van der Waals surface area (Å²) in [6.45, 7) is 6.08. The predicted molar refractivity (Wildman–Crippen MR) is 82.1 cm³/mol. The van der Waals surface area contributed by atoms with Crippen LogP contribution in [0.15, 0.2) is 42.6 Å². The van der Waals surface area contributed by atoms with Gasteiger partial charge in [0.25, 0.3) is 0 Å². The van der Waals surface area contributed by atoms with Crippen LogP contribution in [0.4, 0.5) is 0 Å². The molecular weight excluding hydrogens is 248 g/mol. The molecule has 0 atom stereocenters. The average Bonchev–Trinajstić information content (AvgIpc) is 2.49. The summed E-state index contributed by atoms with van der Waals surface area (Å²) < 4.78 is 5.86. The van der Waals surface area contributed by atoms with Gasteiger partial charge >= 0.3 is 0 Å². The van der Waals surface area contributed by atoms with E-state index < -0.39 is 0 Å². The Morgan fingerprint density at radius 1 is 1.05 bits per heavy atom. The van der Waals surface area contributed by atoms with Crippen molar-refractivity contribution in [3.63, 3.8) is 0 Å². The number of nitrogens with one attached hydrogen (secondary N) is 1. The van der Waals surface area contributed by atoms with Gasteiger partial charge in [0, 0.05) is 18.8 Å². The van der Waals surface area contributed by atoms with E-state index in [1.54, 1.807) is 6.20 Å². The minimum atomic E-state index is 0.778. The Labute approximate surface area is 121 Å². The van der Waals surface area contributed by atoms with Crippen molar-refractivity contribution in [2.75, 3.05) is 6.54 Å². The van der Waals surface area contributed by atoms with Gasteiger partial charge in [-0.15, -0.1) is 0 Å². The molecule has 0 bridgehead atoms.